The van der Waals surface area contributed by atoms with Crippen molar-refractivity contribution in [2.75, 3.05) is 26.3 Å². The maximum absolute atomic E-state index is 12.2. The largest absolute Gasteiger partial charge is 0.411 e. The van der Waals surface area contributed by atoms with Crippen LogP contribution in [0.2, 0.25) is 0 Å². The van der Waals surface area contributed by atoms with E-state index in [1.807, 2.05) is 0 Å². The van der Waals surface area contributed by atoms with Crippen molar-refractivity contribution < 1.29 is 40.7 Å². The molecule has 0 saturated carbocycles. The van der Waals surface area contributed by atoms with E-state index in [9.17, 15) is 35.9 Å². The lowest BCUT2D eigenvalue weighted by molar-refractivity contribution is -0.174. The van der Waals surface area contributed by atoms with E-state index >= 15 is 0 Å². The lowest BCUT2D eigenvalue weighted by Gasteiger charge is -2.18. The van der Waals surface area contributed by atoms with E-state index in [1.54, 1.807) is 0 Å². The first kappa shape index (κ1) is 18.5. The molecule has 1 N–H and O–H groups in total. The van der Waals surface area contributed by atoms with Gasteiger partial charge in [0.15, 0.2) is 0 Å². The van der Waals surface area contributed by atoms with Crippen LogP contribution >= 0.6 is 0 Å². The highest BCUT2D eigenvalue weighted by molar-refractivity contribution is 5.82. The van der Waals surface area contributed by atoms with Gasteiger partial charge in [-0.05, 0) is 0 Å². The molecule has 0 unspecified atom stereocenters. The summed E-state index contributed by atoms with van der Waals surface area (Å²) >= 11 is 0. The Kier molecular flexibility index (Phi) is 6.03. The molecule has 0 bridgehead atoms. The van der Waals surface area contributed by atoms with Gasteiger partial charge < -0.3 is 15.0 Å². The van der Waals surface area contributed by atoms with E-state index in [4.69, 9.17) is 0 Å². The maximum Gasteiger partial charge on any atom is 0.411 e. The van der Waals surface area contributed by atoms with E-state index in [0.29, 0.717) is 4.90 Å². The predicted octanol–water partition coefficient (Wildman–Crippen LogP) is 1.23. The lowest BCUT2D eigenvalue weighted by Crippen LogP contribution is -2.40. The third-order valence-electron chi connectivity index (χ3n) is 2.69. The van der Waals surface area contributed by atoms with Crippen LogP contribution < -0.4 is 5.32 Å². The van der Waals surface area contributed by atoms with Crippen LogP contribution in [0.25, 0.3) is 0 Å². The van der Waals surface area contributed by atoms with E-state index in [1.165, 1.54) is 0 Å². The Bertz CT molecular complexity index is 410. The first-order valence-electron chi connectivity index (χ1n) is 6.24. The van der Waals surface area contributed by atoms with Gasteiger partial charge in [-0.15, -0.1) is 0 Å². The first-order chi connectivity index (χ1) is 9.96. The molecule has 1 aliphatic heterocycles. The number of hydrogen-bond donors (Lipinski definition) is 1. The van der Waals surface area contributed by atoms with Gasteiger partial charge in [-0.3, -0.25) is 9.59 Å². The van der Waals surface area contributed by atoms with Gasteiger partial charge in [0.1, 0.15) is 13.2 Å². The van der Waals surface area contributed by atoms with Crippen molar-refractivity contribution in [3.63, 3.8) is 0 Å². The summed E-state index contributed by atoms with van der Waals surface area (Å²) in [6.45, 7) is -3.64. The summed E-state index contributed by atoms with van der Waals surface area (Å²) < 4.78 is 76.1. The molecule has 1 atom stereocenters. The summed E-state index contributed by atoms with van der Waals surface area (Å²) in [6, 6.07) is -0.787. The summed E-state index contributed by atoms with van der Waals surface area (Å²) in [5.74, 6) is -1.43. The number of rotatable bonds is 6. The molecule has 0 aromatic rings. The minimum atomic E-state index is -4.53. The Morgan fingerprint density at radius 2 is 1.86 bits per heavy atom. The average Bonchev–Trinajstić information content (AvgIpc) is 2.61. The van der Waals surface area contributed by atoms with Crippen molar-refractivity contribution in [3.8, 4) is 0 Å². The highest BCUT2D eigenvalue weighted by Crippen LogP contribution is 2.21. The molecule has 22 heavy (non-hydrogen) atoms. The Morgan fingerprint density at radius 3 is 2.41 bits per heavy atom. The van der Waals surface area contributed by atoms with Crippen LogP contribution in [0.3, 0.4) is 0 Å². The summed E-state index contributed by atoms with van der Waals surface area (Å²) in [5.41, 5.74) is 0. The van der Waals surface area contributed by atoms with Crippen LogP contribution in [-0.2, 0) is 14.3 Å². The SMILES string of the molecule is O=C(CCOCC(F)(F)F)N[C@H]1CC(=O)N(CC(F)(F)F)C1. The van der Waals surface area contributed by atoms with Crippen molar-refractivity contribution in [3.05, 3.63) is 0 Å². The number of carbonyl (C=O) groups is 2. The van der Waals surface area contributed by atoms with Gasteiger partial charge in [-0.1, -0.05) is 0 Å². The number of amides is 2. The fraction of sp³-hybridized carbons (Fsp3) is 0.818. The molecule has 1 rings (SSSR count). The lowest BCUT2D eigenvalue weighted by atomic mass is 10.2. The fourth-order valence-electron chi connectivity index (χ4n) is 1.89. The summed E-state index contributed by atoms with van der Waals surface area (Å²) in [4.78, 5) is 23.3. The minimum Gasteiger partial charge on any atom is -0.372 e. The fourth-order valence-corrected chi connectivity index (χ4v) is 1.89. The molecule has 1 saturated heterocycles. The Balaban J connectivity index is 2.27. The van der Waals surface area contributed by atoms with Crippen molar-refractivity contribution in [2.24, 2.45) is 0 Å². The van der Waals surface area contributed by atoms with Crippen LogP contribution in [0.5, 0.6) is 0 Å². The molecule has 0 aliphatic carbocycles. The smallest absolute Gasteiger partial charge is 0.372 e. The van der Waals surface area contributed by atoms with Gasteiger partial charge in [-0.2, -0.15) is 26.3 Å². The average molecular weight is 336 g/mol. The highest BCUT2D eigenvalue weighted by atomic mass is 19.4. The molecule has 1 aliphatic rings. The number of alkyl halides is 6. The molecule has 0 aromatic carbocycles. The monoisotopic (exact) mass is 336 g/mol. The molecular weight excluding hydrogens is 322 g/mol. The Hall–Kier alpha value is -1.52. The van der Waals surface area contributed by atoms with E-state index in [0.717, 1.165) is 0 Å². The maximum atomic E-state index is 12.2. The molecule has 5 nitrogen and oxygen atoms in total. The van der Waals surface area contributed by atoms with Crippen LogP contribution in [0.1, 0.15) is 12.8 Å². The Labute approximate surface area is 121 Å². The quantitative estimate of drug-likeness (QED) is 0.586. The summed E-state index contributed by atoms with van der Waals surface area (Å²) in [7, 11) is 0. The number of ether oxygens (including phenoxy) is 1. The molecular formula is C11H14F6N2O3. The van der Waals surface area contributed by atoms with Gasteiger partial charge in [0.2, 0.25) is 11.8 Å². The van der Waals surface area contributed by atoms with E-state index < -0.39 is 50.0 Å². The molecule has 2 amide bonds. The standard InChI is InChI=1S/C11H14F6N2O3/c12-10(13,14)5-19-4-7(3-9(19)21)18-8(20)1-2-22-6-11(15,16)17/h7H,1-6H2,(H,18,20)/t7-/m0/s1. The predicted molar refractivity (Wildman–Crippen MR) is 60.7 cm³/mol. The second kappa shape index (κ2) is 7.16. The molecule has 128 valence electrons. The van der Waals surface area contributed by atoms with Crippen molar-refractivity contribution in [1.29, 1.82) is 0 Å². The van der Waals surface area contributed by atoms with Crippen LogP contribution in [-0.4, -0.2) is 61.4 Å². The zero-order valence-electron chi connectivity index (χ0n) is 11.3. The molecule has 1 heterocycles. The van der Waals surface area contributed by atoms with Crippen LogP contribution in [0.4, 0.5) is 26.3 Å². The summed E-state index contributed by atoms with van der Waals surface area (Å²) in [6.07, 6.45) is -9.67. The number of nitrogens with zero attached hydrogens (tertiary/aromatic N) is 1. The van der Waals surface area contributed by atoms with Crippen LogP contribution in [0.15, 0.2) is 0 Å². The van der Waals surface area contributed by atoms with Gasteiger partial charge >= 0.3 is 12.4 Å². The van der Waals surface area contributed by atoms with Crippen molar-refractivity contribution >= 4 is 11.8 Å². The van der Waals surface area contributed by atoms with Crippen molar-refractivity contribution in [1.82, 2.24) is 10.2 Å². The normalized spacial score (nSPS) is 19.6. The Morgan fingerprint density at radius 1 is 1.23 bits per heavy atom. The van der Waals surface area contributed by atoms with Gasteiger partial charge in [0.05, 0.1) is 12.6 Å². The molecule has 0 spiro atoms. The zero-order chi connectivity index (χ0) is 17.0. The number of carbonyl (C=O) groups excluding carboxylic acids is 2. The molecule has 0 aromatic heterocycles. The number of hydrogen-bond acceptors (Lipinski definition) is 3. The highest BCUT2D eigenvalue weighted by Gasteiger charge is 2.38. The minimum absolute atomic E-state index is 0.273. The number of nitrogens with one attached hydrogen (secondary N) is 1. The molecule has 0 radical (unpaired) electrons. The second-order valence-corrected chi connectivity index (χ2v) is 4.78. The zero-order valence-corrected chi connectivity index (χ0v) is 11.3. The molecule has 11 heteroatoms. The molecule has 1 fully saturated rings. The second-order valence-electron chi connectivity index (χ2n) is 4.78. The van der Waals surface area contributed by atoms with E-state index in [-0.39, 0.29) is 19.4 Å². The third kappa shape index (κ3) is 7.48. The van der Waals surface area contributed by atoms with Gasteiger partial charge in [0, 0.05) is 19.4 Å². The number of halogens is 6. The summed E-state index contributed by atoms with van der Waals surface area (Å²) in [5, 5.41) is 2.29. The first-order valence-corrected chi connectivity index (χ1v) is 6.24. The van der Waals surface area contributed by atoms with Crippen molar-refractivity contribution in [2.45, 2.75) is 31.2 Å². The topological polar surface area (TPSA) is 58.6 Å². The van der Waals surface area contributed by atoms with Gasteiger partial charge in [-0.25, -0.2) is 0 Å². The van der Waals surface area contributed by atoms with Gasteiger partial charge in [0.25, 0.3) is 0 Å². The van der Waals surface area contributed by atoms with E-state index in [2.05, 4.69) is 10.1 Å². The third-order valence-corrected chi connectivity index (χ3v) is 2.69. The van der Waals surface area contributed by atoms with Crippen LogP contribution in [0, 0.1) is 0 Å². The number of likely N-dealkylation sites (tertiary alicyclic amines) is 1.